The maximum absolute atomic E-state index is 10.8. The van der Waals surface area contributed by atoms with E-state index in [0.29, 0.717) is 0 Å². The lowest BCUT2D eigenvalue weighted by Crippen LogP contribution is -2.28. The van der Waals surface area contributed by atoms with E-state index in [9.17, 15) is 4.79 Å². The second-order valence-electron chi connectivity index (χ2n) is 4.66. The summed E-state index contributed by atoms with van der Waals surface area (Å²) >= 11 is 0. The van der Waals surface area contributed by atoms with Gasteiger partial charge < -0.3 is 15.0 Å². The Labute approximate surface area is 101 Å². The van der Waals surface area contributed by atoms with Gasteiger partial charge in [0.05, 0.1) is 0 Å². The van der Waals surface area contributed by atoms with Gasteiger partial charge in [-0.2, -0.15) is 0 Å². The van der Waals surface area contributed by atoms with Crippen LogP contribution in [-0.4, -0.2) is 59.1 Å². The molecular weight excluding hydrogens is 218 g/mol. The Morgan fingerprint density at radius 2 is 2.24 bits per heavy atom. The minimum atomic E-state index is -0.896. The fourth-order valence-electron chi connectivity index (χ4n) is 2.17. The van der Waals surface area contributed by atoms with E-state index < -0.39 is 5.97 Å². The van der Waals surface area contributed by atoms with Crippen molar-refractivity contribution in [2.75, 3.05) is 33.2 Å². The Morgan fingerprint density at radius 3 is 2.94 bits per heavy atom. The van der Waals surface area contributed by atoms with Crippen molar-refractivity contribution in [1.82, 2.24) is 14.8 Å². The van der Waals surface area contributed by atoms with E-state index in [-0.39, 0.29) is 5.69 Å². The maximum Gasteiger partial charge on any atom is 0.352 e. The topological polar surface area (TPSA) is 59.6 Å². The van der Waals surface area contributed by atoms with Gasteiger partial charge in [0.2, 0.25) is 0 Å². The average molecular weight is 237 g/mol. The molecule has 1 aliphatic heterocycles. The number of likely N-dealkylation sites (N-methyl/N-ethyl adjacent to an activating group) is 1. The highest BCUT2D eigenvalue weighted by Crippen LogP contribution is 2.09. The molecule has 2 heterocycles. The number of hydrogen-bond donors (Lipinski definition) is 2. The Morgan fingerprint density at radius 1 is 1.41 bits per heavy atom. The fraction of sp³-hybridized carbons (Fsp3) is 0.583. The van der Waals surface area contributed by atoms with Crippen LogP contribution >= 0.6 is 0 Å². The number of H-pyrrole nitrogens is 1. The van der Waals surface area contributed by atoms with Crippen molar-refractivity contribution < 1.29 is 9.90 Å². The van der Waals surface area contributed by atoms with Crippen LogP contribution < -0.4 is 0 Å². The standard InChI is InChI=1S/C12H19N3O2/c1-14-3-2-4-15(6-5-14)9-10-7-11(12(16)17)13-8-10/h7-8,13H,2-6,9H2,1H3,(H,16,17). The van der Waals surface area contributed by atoms with Crippen molar-refractivity contribution in [2.45, 2.75) is 13.0 Å². The highest BCUT2D eigenvalue weighted by Gasteiger charge is 2.13. The van der Waals surface area contributed by atoms with Crippen molar-refractivity contribution in [3.8, 4) is 0 Å². The summed E-state index contributed by atoms with van der Waals surface area (Å²) in [6.45, 7) is 5.18. The van der Waals surface area contributed by atoms with E-state index in [1.54, 1.807) is 12.3 Å². The monoisotopic (exact) mass is 237 g/mol. The van der Waals surface area contributed by atoms with Gasteiger partial charge in [0.25, 0.3) is 0 Å². The molecule has 0 saturated carbocycles. The first-order chi connectivity index (χ1) is 8.15. The van der Waals surface area contributed by atoms with Gasteiger partial charge >= 0.3 is 5.97 Å². The molecule has 1 saturated heterocycles. The van der Waals surface area contributed by atoms with Crippen LogP contribution in [0.3, 0.4) is 0 Å². The molecule has 1 aliphatic rings. The van der Waals surface area contributed by atoms with Crippen LogP contribution in [0.15, 0.2) is 12.3 Å². The molecule has 0 atom stereocenters. The largest absolute Gasteiger partial charge is 0.477 e. The van der Waals surface area contributed by atoms with Gasteiger partial charge in [-0.15, -0.1) is 0 Å². The minimum Gasteiger partial charge on any atom is -0.477 e. The van der Waals surface area contributed by atoms with Gasteiger partial charge in [-0.25, -0.2) is 4.79 Å². The van der Waals surface area contributed by atoms with Gasteiger partial charge in [0.15, 0.2) is 0 Å². The summed E-state index contributed by atoms with van der Waals surface area (Å²) in [5.74, 6) is -0.896. The highest BCUT2D eigenvalue weighted by molar-refractivity contribution is 5.85. The fourth-order valence-corrected chi connectivity index (χ4v) is 2.17. The van der Waals surface area contributed by atoms with Crippen LogP contribution in [0, 0.1) is 0 Å². The molecule has 0 aromatic carbocycles. The number of aromatic carboxylic acids is 1. The predicted molar refractivity (Wildman–Crippen MR) is 65.1 cm³/mol. The molecule has 0 bridgehead atoms. The molecule has 0 radical (unpaired) electrons. The molecule has 2 rings (SSSR count). The Kier molecular flexibility index (Phi) is 3.81. The van der Waals surface area contributed by atoms with Crippen molar-refractivity contribution in [2.24, 2.45) is 0 Å². The smallest absolute Gasteiger partial charge is 0.352 e. The third kappa shape index (κ3) is 3.31. The summed E-state index contributed by atoms with van der Waals surface area (Å²) in [4.78, 5) is 18.2. The van der Waals surface area contributed by atoms with Gasteiger partial charge in [-0.05, 0) is 38.2 Å². The lowest BCUT2D eigenvalue weighted by Gasteiger charge is -2.19. The molecular formula is C12H19N3O2. The van der Waals surface area contributed by atoms with E-state index in [1.165, 1.54) is 6.42 Å². The third-order valence-corrected chi connectivity index (χ3v) is 3.19. The van der Waals surface area contributed by atoms with Gasteiger partial charge in [0.1, 0.15) is 5.69 Å². The number of hydrogen-bond acceptors (Lipinski definition) is 3. The summed E-state index contributed by atoms with van der Waals surface area (Å²) in [5, 5.41) is 8.83. The molecule has 1 aromatic heterocycles. The zero-order chi connectivity index (χ0) is 12.3. The van der Waals surface area contributed by atoms with Crippen molar-refractivity contribution in [1.29, 1.82) is 0 Å². The Bertz CT molecular complexity index is 389. The molecule has 17 heavy (non-hydrogen) atoms. The van der Waals surface area contributed by atoms with E-state index >= 15 is 0 Å². The van der Waals surface area contributed by atoms with E-state index in [0.717, 1.165) is 38.3 Å². The summed E-state index contributed by atoms with van der Waals surface area (Å²) < 4.78 is 0. The average Bonchev–Trinajstić information content (AvgIpc) is 2.65. The van der Waals surface area contributed by atoms with Crippen LogP contribution in [0.5, 0.6) is 0 Å². The molecule has 94 valence electrons. The van der Waals surface area contributed by atoms with Crippen LogP contribution in [0.25, 0.3) is 0 Å². The van der Waals surface area contributed by atoms with Crippen LogP contribution in [0.1, 0.15) is 22.5 Å². The molecule has 2 N–H and O–H groups in total. The second kappa shape index (κ2) is 5.33. The first-order valence-electron chi connectivity index (χ1n) is 5.96. The molecule has 0 spiro atoms. The summed E-state index contributed by atoms with van der Waals surface area (Å²) in [5.41, 5.74) is 1.32. The van der Waals surface area contributed by atoms with Crippen LogP contribution in [-0.2, 0) is 6.54 Å². The molecule has 0 unspecified atom stereocenters. The number of nitrogens with one attached hydrogen (secondary N) is 1. The van der Waals surface area contributed by atoms with Gasteiger partial charge in [-0.1, -0.05) is 0 Å². The zero-order valence-corrected chi connectivity index (χ0v) is 10.1. The Balaban J connectivity index is 1.93. The van der Waals surface area contributed by atoms with Crippen molar-refractivity contribution in [3.63, 3.8) is 0 Å². The summed E-state index contributed by atoms with van der Waals surface area (Å²) in [7, 11) is 2.14. The minimum absolute atomic E-state index is 0.270. The number of nitrogens with zero attached hydrogens (tertiary/aromatic N) is 2. The number of carboxylic acid groups (broad SMARTS) is 1. The molecule has 1 aromatic rings. The summed E-state index contributed by atoms with van der Waals surface area (Å²) in [6, 6.07) is 1.72. The molecule has 5 heteroatoms. The van der Waals surface area contributed by atoms with Gasteiger partial charge in [-0.3, -0.25) is 4.90 Å². The van der Waals surface area contributed by atoms with Gasteiger partial charge in [0, 0.05) is 25.8 Å². The first kappa shape index (κ1) is 12.1. The molecule has 1 fully saturated rings. The lowest BCUT2D eigenvalue weighted by molar-refractivity contribution is 0.0691. The number of aromatic nitrogens is 1. The number of carboxylic acids is 1. The maximum atomic E-state index is 10.8. The number of carbonyl (C=O) groups is 1. The molecule has 5 nitrogen and oxygen atoms in total. The molecule has 0 amide bonds. The number of rotatable bonds is 3. The second-order valence-corrected chi connectivity index (χ2v) is 4.66. The normalized spacial score (nSPS) is 19.1. The van der Waals surface area contributed by atoms with Crippen molar-refractivity contribution in [3.05, 3.63) is 23.5 Å². The Hall–Kier alpha value is -1.33. The lowest BCUT2D eigenvalue weighted by atomic mass is 10.2. The van der Waals surface area contributed by atoms with Crippen molar-refractivity contribution >= 4 is 5.97 Å². The first-order valence-corrected chi connectivity index (χ1v) is 5.96. The van der Waals surface area contributed by atoms with Crippen LogP contribution in [0.4, 0.5) is 0 Å². The molecule has 0 aliphatic carbocycles. The zero-order valence-electron chi connectivity index (χ0n) is 10.1. The van der Waals surface area contributed by atoms with E-state index in [2.05, 4.69) is 21.8 Å². The van der Waals surface area contributed by atoms with Crippen LogP contribution in [0.2, 0.25) is 0 Å². The van der Waals surface area contributed by atoms with E-state index in [1.807, 2.05) is 0 Å². The summed E-state index contributed by atoms with van der Waals surface area (Å²) in [6.07, 6.45) is 2.96. The quantitative estimate of drug-likeness (QED) is 0.818. The SMILES string of the molecule is CN1CCCN(Cc2c[nH]c(C(=O)O)c2)CC1. The predicted octanol–water partition coefficient (Wildman–Crippen LogP) is 0.850. The van der Waals surface area contributed by atoms with E-state index in [4.69, 9.17) is 5.11 Å². The third-order valence-electron chi connectivity index (χ3n) is 3.19. The highest BCUT2D eigenvalue weighted by atomic mass is 16.4. The number of aromatic amines is 1.